The third-order valence-electron chi connectivity index (χ3n) is 3.29. The number of halogens is 1. The zero-order valence-electron chi connectivity index (χ0n) is 11.2. The van der Waals surface area contributed by atoms with Gasteiger partial charge in [-0.2, -0.15) is 0 Å². The number of benzene rings is 2. The molecule has 0 N–H and O–H groups in total. The van der Waals surface area contributed by atoms with E-state index in [1.54, 1.807) is 24.3 Å². The van der Waals surface area contributed by atoms with Crippen LogP contribution in [0, 0.1) is 11.7 Å². The van der Waals surface area contributed by atoms with E-state index in [-0.39, 0.29) is 11.6 Å². The van der Waals surface area contributed by atoms with E-state index in [2.05, 4.69) is 0 Å². The van der Waals surface area contributed by atoms with Crippen molar-refractivity contribution in [2.24, 2.45) is 5.92 Å². The summed E-state index contributed by atoms with van der Waals surface area (Å²) in [7, 11) is 0. The van der Waals surface area contributed by atoms with Crippen molar-refractivity contribution in [2.45, 2.75) is 19.4 Å². The van der Waals surface area contributed by atoms with Crippen molar-refractivity contribution in [3.05, 3.63) is 59.9 Å². The van der Waals surface area contributed by atoms with E-state index in [0.717, 1.165) is 18.1 Å². The molecule has 0 radical (unpaired) electrons. The highest BCUT2D eigenvalue weighted by atomic mass is 19.1. The van der Waals surface area contributed by atoms with Crippen molar-refractivity contribution in [2.75, 3.05) is 6.61 Å². The van der Waals surface area contributed by atoms with Crippen LogP contribution in [0.25, 0.3) is 0 Å². The second-order valence-corrected chi connectivity index (χ2v) is 5.14. The quantitative estimate of drug-likeness (QED) is 0.768. The van der Waals surface area contributed by atoms with Crippen molar-refractivity contribution >= 4 is 0 Å². The Hall–Kier alpha value is -1.87. The van der Waals surface area contributed by atoms with Gasteiger partial charge >= 0.3 is 0 Å². The Bertz CT molecular complexity index is 564. The zero-order chi connectivity index (χ0) is 13.8. The van der Waals surface area contributed by atoms with Gasteiger partial charge in [-0.15, -0.1) is 0 Å². The van der Waals surface area contributed by atoms with Crippen LogP contribution in [0.2, 0.25) is 0 Å². The fourth-order valence-corrected chi connectivity index (χ4v) is 1.96. The smallest absolute Gasteiger partial charge is 0.165 e. The molecule has 2 aromatic carbocycles. The summed E-state index contributed by atoms with van der Waals surface area (Å²) in [4.78, 5) is 0. The summed E-state index contributed by atoms with van der Waals surface area (Å²) < 4.78 is 24.9. The van der Waals surface area contributed by atoms with Crippen LogP contribution >= 0.6 is 0 Å². The highest BCUT2D eigenvalue weighted by Gasteiger charge is 2.21. The molecule has 0 spiro atoms. The number of ether oxygens (including phenoxy) is 2. The Morgan fingerprint density at radius 2 is 1.85 bits per heavy atom. The zero-order valence-corrected chi connectivity index (χ0v) is 11.2. The molecule has 20 heavy (non-hydrogen) atoms. The first-order valence-corrected chi connectivity index (χ1v) is 6.90. The van der Waals surface area contributed by atoms with Gasteiger partial charge in [0.05, 0.1) is 6.61 Å². The van der Waals surface area contributed by atoms with Crippen LogP contribution in [0.1, 0.15) is 18.4 Å². The minimum absolute atomic E-state index is 0.240. The van der Waals surface area contributed by atoms with E-state index in [1.807, 2.05) is 18.2 Å². The van der Waals surface area contributed by atoms with Crippen LogP contribution in [0.5, 0.6) is 11.5 Å². The molecule has 1 fully saturated rings. The molecule has 0 saturated heterocycles. The molecule has 1 aliphatic rings. The molecule has 0 unspecified atom stereocenters. The molecule has 3 rings (SSSR count). The molecule has 0 heterocycles. The Morgan fingerprint density at radius 1 is 1.05 bits per heavy atom. The molecule has 2 nitrogen and oxygen atoms in total. The number of hydrogen-bond donors (Lipinski definition) is 0. The van der Waals surface area contributed by atoms with E-state index in [0.29, 0.717) is 12.4 Å². The van der Waals surface area contributed by atoms with Crippen molar-refractivity contribution in [1.82, 2.24) is 0 Å². The molecule has 104 valence electrons. The molecule has 0 aliphatic heterocycles. The van der Waals surface area contributed by atoms with Crippen LogP contribution in [-0.4, -0.2) is 6.61 Å². The van der Waals surface area contributed by atoms with Crippen LogP contribution in [0.15, 0.2) is 48.5 Å². The second-order valence-electron chi connectivity index (χ2n) is 5.14. The van der Waals surface area contributed by atoms with Crippen LogP contribution in [0.3, 0.4) is 0 Å². The van der Waals surface area contributed by atoms with Gasteiger partial charge in [-0.25, -0.2) is 4.39 Å². The predicted molar refractivity (Wildman–Crippen MR) is 75.3 cm³/mol. The lowest BCUT2D eigenvalue weighted by molar-refractivity contribution is 0.111. The van der Waals surface area contributed by atoms with Gasteiger partial charge < -0.3 is 9.47 Å². The van der Waals surface area contributed by atoms with Crippen molar-refractivity contribution < 1.29 is 13.9 Å². The van der Waals surface area contributed by atoms with Gasteiger partial charge in [0.15, 0.2) is 11.6 Å². The van der Waals surface area contributed by atoms with E-state index in [1.165, 1.54) is 18.9 Å². The first-order valence-electron chi connectivity index (χ1n) is 6.90. The normalized spacial score (nSPS) is 14.2. The third-order valence-corrected chi connectivity index (χ3v) is 3.29. The lowest BCUT2D eigenvalue weighted by atomic mass is 10.2. The number of para-hydroxylation sites is 1. The fourth-order valence-electron chi connectivity index (χ4n) is 1.96. The maximum absolute atomic E-state index is 13.7. The predicted octanol–water partition coefficient (Wildman–Crippen LogP) is 4.54. The minimum Gasteiger partial charge on any atom is -0.454 e. The summed E-state index contributed by atoms with van der Waals surface area (Å²) in [5.74, 6) is 1.24. The number of rotatable bonds is 6. The molecular weight excluding hydrogens is 255 g/mol. The first kappa shape index (κ1) is 13.1. The monoisotopic (exact) mass is 272 g/mol. The third kappa shape index (κ3) is 3.58. The van der Waals surface area contributed by atoms with Crippen LogP contribution in [0.4, 0.5) is 4.39 Å². The molecular formula is C17H17FO2. The van der Waals surface area contributed by atoms with Crippen molar-refractivity contribution in [3.63, 3.8) is 0 Å². The van der Waals surface area contributed by atoms with Gasteiger partial charge in [-0.1, -0.05) is 24.3 Å². The van der Waals surface area contributed by atoms with Crippen LogP contribution in [-0.2, 0) is 11.3 Å². The van der Waals surface area contributed by atoms with Gasteiger partial charge in [0.25, 0.3) is 0 Å². The lowest BCUT2D eigenvalue weighted by Crippen LogP contribution is -1.98. The summed E-state index contributed by atoms with van der Waals surface area (Å²) in [6.07, 6.45) is 2.54. The average Bonchev–Trinajstić information content (AvgIpc) is 3.28. The molecule has 0 atom stereocenters. The van der Waals surface area contributed by atoms with E-state index >= 15 is 0 Å². The summed E-state index contributed by atoms with van der Waals surface area (Å²) in [6, 6.07) is 14.1. The SMILES string of the molecule is Fc1ccc(COCC2CC2)cc1Oc1ccccc1. The van der Waals surface area contributed by atoms with Crippen LogP contribution < -0.4 is 4.74 Å². The molecule has 3 heteroatoms. The average molecular weight is 272 g/mol. The van der Waals surface area contributed by atoms with Gasteiger partial charge in [-0.05, 0) is 48.6 Å². The lowest BCUT2D eigenvalue weighted by Gasteiger charge is -2.09. The van der Waals surface area contributed by atoms with E-state index < -0.39 is 0 Å². The molecule has 1 aliphatic carbocycles. The Balaban J connectivity index is 1.66. The highest BCUT2D eigenvalue weighted by molar-refractivity contribution is 5.34. The summed E-state index contributed by atoms with van der Waals surface area (Å²) in [5.41, 5.74) is 0.929. The standard InChI is InChI=1S/C17H17FO2/c18-16-9-8-14(12-19-11-13-6-7-13)10-17(16)20-15-4-2-1-3-5-15/h1-5,8-10,13H,6-7,11-12H2. The van der Waals surface area contributed by atoms with Crippen molar-refractivity contribution in [3.8, 4) is 11.5 Å². The maximum atomic E-state index is 13.7. The largest absolute Gasteiger partial charge is 0.454 e. The first-order chi connectivity index (χ1) is 9.81. The van der Waals surface area contributed by atoms with Gasteiger partial charge in [0.1, 0.15) is 5.75 Å². The second kappa shape index (κ2) is 6.06. The minimum atomic E-state index is -0.361. The van der Waals surface area contributed by atoms with E-state index in [9.17, 15) is 4.39 Å². The van der Waals surface area contributed by atoms with Gasteiger partial charge in [0, 0.05) is 6.61 Å². The fraction of sp³-hybridized carbons (Fsp3) is 0.294. The van der Waals surface area contributed by atoms with E-state index in [4.69, 9.17) is 9.47 Å². The topological polar surface area (TPSA) is 18.5 Å². The molecule has 0 amide bonds. The number of hydrogen-bond acceptors (Lipinski definition) is 2. The summed E-state index contributed by atoms with van der Waals surface area (Å²) in [6.45, 7) is 1.30. The Morgan fingerprint density at radius 3 is 2.60 bits per heavy atom. The summed E-state index contributed by atoms with van der Waals surface area (Å²) >= 11 is 0. The highest BCUT2D eigenvalue weighted by Crippen LogP contribution is 2.29. The molecule has 2 aromatic rings. The molecule has 0 bridgehead atoms. The van der Waals surface area contributed by atoms with Gasteiger partial charge in [0.2, 0.25) is 0 Å². The molecule has 0 aromatic heterocycles. The summed E-state index contributed by atoms with van der Waals surface area (Å²) in [5, 5.41) is 0. The van der Waals surface area contributed by atoms with Gasteiger partial charge in [-0.3, -0.25) is 0 Å². The Labute approximate surface area is 118 Å². The van der Waals surface area contributed by atoms with Crippen molar-refractivity contribution in [1.29, 1.82) is 0 Å². The molecule has 1 saturated carbocycles. The Kier molecular flexibility index (Phi) is 3.97. The maximum Gasteiger partial charge on any atom is 0.165 e.